The molecule has 1 aliphatic rings. The van der Waals surface area contributed by atoms with Crippen LogP contribution in [0.3, 0.4) is 0 Å². The molecule has 140 valence electrons. The summed E-state index contributed by atoms with van der Waals surface area (Å²) in [5, 5.41) is 21.7. The quantitative estimate of drug-likeness (QED) is 0.693. The van der Waals surface area contributed by atoms with Crippen molar-refractivity contribution in [3.05, 3.63) is 70.8 Å². The molecular formula is C22H28O2S2. The van der Waals surface area contributed by atoms with Gasteiger partial charge in [-0.2, -0.15) is 0 Å². The van der Waals surface area contributed by atoms with Gasteiger partial charge in [0.25, 0.3) is 0 Å². The molecule has 0 unspecified atom stereocenters. The Kier molecular flexibility index (Phi) is 6.73. The number of thioether (sulfide) groups is 2. The predicted octanol–water partition coefficient (Wildman–Crippen LogP) is 5.42. The van der Waals surface area contributed by atoms with Crippen molar-refractivity contribution in [3.8, 4) is 0 Å². The van der Waals surface area contributed by atoms with Gasteiger partial charge in [0, 0.05) is 12.8 Å². The fourth-order valence-corrected chi connectivity index (χ4v) is 6.78. The van der Waals surface area contributed by atoms with Gasteiger partial charge in [-0.25, -0.2) is 0 Å². The highest BCUT2D eigenvalue weighted by Gasteiger charge is 2.38. The number of aryl methyl sites for hydroxylation is 2. The molecule has 2 aromatic carbocycles. The normalized spacial score (nSPS) is 19.1. The number of aliphatic hydroxyl groups is 2. The molecule has 0 spiro atoms. The molecule has 2 atom stereocenters. The molecule has 0 amide bonds. The van der Waals surface area contributed by atoms with E-state index in [-0.39, 0.29) is 4.08 Å². The van der Waals surface area contributed by atoms with Gasteiger partial charge in [0.15, 0.2) is 0 Å². The smallest absolute Gasteiger partial charge is 0.0811 e. The van der Waals surface area contributed by atoms with E-state index in [0.29, 0.717) is 12.8 Å². The summed E-state index contributed by atoms with van der Waals surface area (Å²) in [6, 6.07) is 16.3. The highest BCUT2D eigenvalue weighted by Crippen LogP contribution is 2.52. The van der Waals surface area contributed by atoms with Gasteiger partial charge in [0.05, 0.1) is 16.3 Å². The molecule has 1 aliphatic heterocycles. The second kappa shape index (κ2) is 8.83. The molecule has 2 N–H and O–H groups in total. The van der Waals surface area contributed by atoms with Gasteiger partial charge in [-0.1, -0.05) is 59.7 Å². The largest absolute Gasteiger partial charge is 0.388 e. The van der Waals surface area contributed by atoms with Crippen LogP contribution in [-0.4, -0.2) is 25.8 Å². The molecule has 0 aromatic heterocycles. The van der Waals surface area contributed by atoms with Gasteiger partial charge in [-0.15, -0.1) is 23.5 Å². The van der Waals surface area contributed by atoms with Crippen molar-refractivity contribution in [3.63, 3.8) is 0 Å². The molecule has 26 heavy (non-hydrogen) atoms. The minimum absolute atomic E-state index is 0.146. The predicted molar refractivity (Wildman–Crippen MR) is 114 cm³/mol. The lowest BCUT2D eigenvalue weighted by molar-refractivity contribution is 0.133. The topological polar surface area (TPSA) is 40.5 Å². The lowest BCUT2D eigenvalue weighted by Crippen LogP contribution is -2.30. The molecule has 4 heteroatoms. The summed E-state index contributed by atoms with van der Waals surface area (Å²) in [5.41, 5.74) is 4.33. The minimum atomic E-state index is -0.501. The zero-order valence-corrected chi connectivity index (χ0v) is 17.2. The van der Waals surface area contributed by atoms with Gasteiger partial charge in [-0.05, 0) is 42.9 Å². The number of rotatable bonds is 6. The maximum absolute atomic E-state index is 10.8. The Balaban J connectivity index is 1.75. The average Bonchev–Trinajstić information content (AvgIpc) is 2.63. The monoisotopic (exact) mass is 388 g/mol. The third-order valence-electron chi connectivity index (χ3n) is 4.95. The Morgan fingerprint density at radius 3 is 1.54 bits per heavy atom. The van der Waals surface area contributed by atoms with Crippen molar-refractivity contribution < 1.29 is 10.2 Å². The fraction of sp³-hybridized carbons (Fsp3) is 0.455. The van der Waals surface area contributed by atoms with Crippen LogP contribution in [0.2, 0.25) is 0 Å². The van der Waals surface area contributed by atoms with Crippen LogP contribution in [0.1, 0.15) is 53.7 Å². The van der Waals surface area contributed by atoms with Crippen LogP contribution in [0.15, 0.2) is 48.5 Å². The fourth-order valence-electron chi connectivity index (χ4n) is 3.34. The van der Waals surface area contributed by atoms with Gasteiger partial charge < -0.3 is 10.2 Å². The Labute approximate surface area is 165 Å². The number of hydrogen-bond donors (Lipinski definition) is 2. The second-order valence-electron chi connectivity index (χ2n) is 7.22. The molecule has 1 fully saturated rings. The maximum atomic E-state index is 10.8. The van der Waals surface area contributed by atoms with E-state index < -0.39 is 12.2 Å². The lowest BCUT2D eigenvalue weighted by atomic mass is 9.97. The van der Waals surface area contributed by atoms with Crippen molar-refractivity contribution in [1.82, 2.24) is 0 Å². The first-order chi connectivity index (χ1) is 12.5. The van der Waals surface area contributed by atoms with Crippen LogP contribution in [-0.2, 0) is 0 Å². The molecule has 1 saturated heterocycles. The van der Waals surface area contributed by atoms with E-state index >= 15 is 0 Å². The van der Waals surface area contributed by atoms with Crippen LogP contribution in [0.5, 0.6) is 0 Å². The van der Waals surface area contributed by atoms with E-state index in [0.717, 1.165) is 22.6 Å². The summed E-state index contributed by atoms with van der Waals surface area (Å²) in [4.78, 5) is 0. The number of hydrogen-bond acceptors (Lipinski definition) is 4. The third-order valence-corrected chi connectivity index (χ3v) is 8.36. The Morgan fingerprint density at radius 2 is 1.15 bits per heavy atom. The third kappa shape index (κ3) is 5.07. The van der Waals surface area contributed by atoms with E-state index in [1.807, 2.05) is 72.1 Å². The molecule has 2 aromatic rings. The summed E-state index contributed by atoms with van der Waals surface area (Å²) in [5.74, 6) is 2.18. The van der Waals surface area contributed by atoms with Crippen LogP contribution >= 0.6 is 23.5 Å². The standard InChI is InChI=1S/C22H28O2S2/c1-16-4-8-18(9-5-16)20(23)14-22(25-12-3-13-26-22)15-21(24)19-10-6-17(2)7-11-19/h4-11,20-21,23-24H,3,12-15H2,1-2H3/t20-,21-/m0/s1. The zero-order valence-electron chi connectivity index (χ0n) is 15.5. The van der Waals surface area contributed by atoms with Crippen molar-refractivity contribution in [2.75, 3.05) is 11.5 Å². The van der Waals surface area contributed by atoms with Gasteiger partial charge >= 0.3 is 0 Å². The van der Waals surface area contributed by atoms with Crippen LogP contribution < -0.4 is 0 Å². The Morgan fingerprint density at radius 1 is 0.769 bits per heavy atom. The first-order valence-corrected chi connectivity index (χ1v) is 11.2. The van der Waals surface area contributed by atoms with E-state index in [2.05, 4.69) is 13.8 Å². The van der Waals surface area contributed by atoms with Gasteiger partial charge in [0.2, 0.25) is 0 Å². The van der Waals surface area contributed by atoms with Crippen LogP contribution in [0.4, 0.5) is 0 Å². The zero-order chi connectivity index (χ0) is 18.6. The van der Waals surface area contributed by atoms with E-state index in [1.165, 1.54) is 17.5 Å². The van der Waals surface area contributed by atoms with Crippen molar-refractivity contribution >= 4 is 23.5 Å². The van der Waals surface area contributed by atoms with Crippen LogP contribution in [0.25, 0.3) is 0 Å². The maximum Gasteiger partial charge on any atom is 0.0811 e. The summed E-state index contributed by atoms with van der Waals surface area (Å²) in [6.07, 6.45) is 1.51. The van der Waals surface area contributed by atoms with Gasteiger partial charge in [-0.3, -0.25) is 0 Å². The van der Waals surface area contributed by atoms with E-state index in [4.69, 9.17) is 0 Å². The summed E-state index contributed by atoms with van der Waals surface area (Å²) < 4.78 is -0.146. The molecule has 0 bridgehead atoms. The van der Waals surface area contributed by atoms with Crippen molar-refractivity contribution in [1.29, 1.82) is 0 Å². The summed E-state index contributed by atoms with van der Waals surface area (Å²) >= 11 is 3.81. The first kappa shape index (κ1) is 19.8. The highest BCUT2D eigenvalue weighted by molar-refractivity contribution is 8.18. The molecular weight excluding hydrogens is 360 g/mol. The van der Waals surface area contributed by atoms with Crippen molar-refractivity contribution in [2.45, 2.75) is 49.4 Å². The second-order valence-corrected chi connectivity index (χ2v) is 10.4. The average molecular weight is 389 g/mol. The molecule has 0 radical (unpaired) electrons. The lowest BCUT2D eigenvalue weighted by Gasteiger charge is -2.39. The van der Waals surface area contributed by atoms with Crippen molar-refractivity contribution in [2.24, 2.45) is 0 Å². The Bertz CT molecular complexity index is 636. The SMILES string of the molecule is Cc1ccc([C@@H](O)CC2(C[C@H](O)c3ccc(C)cc3)SCCCS2)cc1. The Hall–Kier alpha value is -0.940. The van der Waals surface area contributed by atoms with E-state index in [1.54, 1.807) is 0 Å². The molecule has 3 rings (SSSR count). The molecule has 0 saturated carbocycles. The summed E-state index contributed by atoms with van der Waals surface area (Å²) in [6.45, 7) is 4.12. The number of benzene rings is 2. The summed E-state index contributed by atoms with van der Waals surface area (Å²) in [7, 11) is 0. The first-order valence-electron chi connectivity index (χ1n) is 9.25. The molecule has 0 aliphatic carbocycles. The van der Waals surface area contributed by atoms with Gasteiger partial charge in [0.1, 0.15) is 0 Å². The van der Waals surface area contributed by atoms with Crippen LogP contribution in [0, 0.1) is 13.8 Å². The number of aliphatic hydroxyl groups excluding tert-OH is 2. The minimum Gasteiger partial charge on any atom is -0.388 e. The highest BCUT2D eigenvalue weighted by atomic mass is 32.2. The molecule has 2 nitrogen and oxygen atoms in total. The van der Waals surface area contributed by atoms with E-state index in [9.17, 15) is 10.2 Å². The molecule has 1 heterocycles.